The molecule has 98 valence electrons. The van der Waals surface area contributed by atoms with Crippen LogP contribution in [0.25, 0.3) is 0 Å². The molecule has 1 atom stereocenters. The van der Waals surface area contributed by atoms with Gasteiger partial charge in [-0.15, -0.1) is 0 Å². The summed E-state index contributed by atoms with van der Waals surface area (Å²) in [5.41, 5.74) is -0.810. The van der Waals surface area contributed by atoms with Crippen molar-refractivity contribution in [1.29, 1.82) is 0 Å². The largest absolute Gasteiger partial charge is 0.383 e. The number of carbonyl (C=O) groups is 2. The molecule has 0 aromatic carbocycles. The fourth-order valence-electron chi connectivity index (χ4n) is 2.09. The highest BCUT2D eigenvalue weighted by Gasteiger charge is 2.44. The SMILES string of the molecule is CCCC1C(=O)NC(C)(C)C(=O)N1CCOC. The summed E-state index contributed by atoms with van der Waals surface area (Å²) in [5.74, 6) is -0.0971. The second kappa shape index (κ2) is 5.49. The Morgan fingerprint density at radius 3 is 2.59 bits per heavy atom. The average Bonchev–Trinajstić information content (AvgIpc) is 2.25. The first-order valence-electron chi connectivity index (χ1n) is 6.06. The van der Waals surface area contributed by atoms with Crippen molar-refractivity contribution >= 4 is 11.8 Å². The molecule has 1 rings (SSSR count). The van der Waals surface area contributed by atoms with Crippen LogP contribution in [0.4, 0.5) is 0 Å². The standard InChI is InChI=1S/C12H22N2O3/c1-5-6-9-10(15)13-12(2,3)11(16)14(9)7-8-17-4/h9H,5-8H2,1-4H3,(H,13,15). The Hall–Kier alpha value is -1.10. The molecule has 1 aliphatic rings. The Balaban J connectivity index is 2.87. The number of amides is 2. The third-order valence-corrected chi connectivity index (χ3v) is 3.01. The van der Waals surface area contributed by atoms with Crippen molar-refractivity contribution < 1.29 is 14.3 Å². The Morgan fingerprint density at radius 2 is 2.06 bits per heavy atom. The average molecular weight is 242 g/mol. The molecule has 1 unspecified atom stereocenters. The molecule has 1 N–H and O–H groups in total. The quantitative estimate of drug-likeness (QED) is 0.765. The van der Waals surface area contributed by atoms with Crippen molar-refractivity contribution in [3.05, 3.63) is 0 Å². The first-order chi connectivity index (χ1) is 7.94. The summed E-state index contributed by atoms with van der Waals surface area (Å²) < 4.78 is 5.00. The minimum absolute atomic E-state index is 0.0346. The lowest BCUT2D eigenvalue weighted by Gasteiger charge is -2.42. The number of piperazine rings is 1. The van der Waals surface area contributed by atoms with E-state index in [0.29, 0.717) is 19.6 Å². The molecule has 0 saturated carbocycles. The maximum absolute atomic E-state index is 12.2. The first kappa shape index (κ1) is 14.0. The third kappa shape index (κ3) is 2.97. The van der Waals surface area contributed by atoms with Crippen molar-refractivity contribution in [2.45, 2.75) is 45.2 Å². The zero-order valence-electron chi connectivity index (χ0n) is 11.1. The molecule has 0 aliphatic carbocycles. The lowest BCUT2D eigenvalue weighted by molar-refractivity contribution is -0.154. The normalized spacial score (nSPS) is 23.8. The van der Waals surface area contributed by atoms with Crippen LogP contribution in [0.1, 0.15) is 33.6 Å². The lowest BCUT2D eigenvalue weighted by Crippen LogP contribution is -2.68. The molecule has 1 saturated heterocycles. The van der Waals surface area contributed by atoms with Gasteiger partial charge in [0.05, 0.1) is 6.61 Å². The van der Waals surface area contributed by atoms with E-state index >= 15 is 0 Å². The topological polar surface area (TPSA) is 58.6 Å². The van der Waals surface area contributed by atoms with Gasteiger partial charge in [0.1, 0.15) is 11.6 Å². The number of rotatable bonds is 5. The number of hydrogen-bond acceptors (Lipinski definition) is 3. The molecule has 0 spiro atoms. The summed E-state index contributed by atoms with van der Waals surface area (Å²) in [4.78, 5) is 25.9. The van der Waals surface area contributed by atoms with Gasteiger partial charge >= 0.3 is 0 Å². The fourth-order valence-corrected chi connectivity index (χ4v) is 2.09. The molecule has 5 heteroatoms. The first-order valence-corrected chi connectivity index (χ1v) is 6.06. The number of hydrogen-bond donors (Lipinski definition) is 1. The maximum Gasteiger partial charge on any atom is 0.248 e. The van der Waals surface area contributed by atoms with Crippen LogP contribution in [-0.2, 0) is 14.3 Å². The number of nitrogens with zero attached hydrogens (tertiary/aromatic N) is 1. The van der Waals surface area contributed by atoms with E-state index in [2.05, 4.69) is 5.32 Å². The molecule has 1 heterocycles. The molecule has 17 heavy (non-hydrogen) atoms. The van der Waals surface area contributed by atoms with Crippen molar-refractivity contribution in [3.63, 3.8) is 0 Å². The summed E-state index contributed by atoms with van der Waals surface area (Å²) in [5, 5.41) is 2.78. The number of ether oxygens (including phenoxy) is 1. The van der Waals surface area contributed by atoms with Gasteiger partial charge in [-0.25, -0.2) is 0 Å². The third-order valence-electron chi connectivity index (χ3n) is 3.01. The number of methoxy groups -OCH3 is 1. The van der Waals surface area contributed by atoms with E-state index < -0.39 is 5.54 Å². The highest BCUT2D eigenvalue weighted by molar-refractivity contribution is 5.99. The van der Waals surface area contributed by atoms with E-state index in [1.54, 1.807) is 25.9 Å². The molecular weight excluding hydrogens is 220 g/mol. The van der Waals surface area contributed by atoms with Crippen LogP contribution in [0.2, 0.25) is 0 Å². The van der Waals surface area contributed by atoms with Crippen LogP contribution in [-0.4, -0.2) is 48.6 Å². The molecular formula is C12H22N2O3. The van der Waals surface area contributed by atoms with Crippen LogP contribution in [0.3, 0.4) is 0 Å². The van der Waals surface area contributed by atoms with Gasteiger partial charge in [0.2, 0.25) is 11.8 Å². The van der Waals surface area contributed by atoms with Crippen LogP contribution in [0.5, 0.6) is 0 Å². The van der Waals surface area contributed by atoms with Gasteiger partial charge in [-0.2, -0.15) is 0 Å². The summed E-state index contributed by atoms with van der Waals surface area (Å²) in [6, 6.07) is -0.351. The summed E-state index contributed by atoms with van der Waals surface area (Å²) in [7, 11) is 1.59. The Bertz CT molecular complexity index is 302. The number of nitrogens with one attached hydrogen (secondary N) is 1. The van der Waals surface area contributed by atoms with Gasteiger partial charge in [0.15, 0.2) is 0 Å². The molecule has 2 amide bonds. The molecule has 0 radical (unpaired) electrons. The van der Waals surface area contributed by atoms with Crippen LogP contribution >= 0.6 is 0 Å². The molecule has 0 bridgehead atoms. The zero-order chi connectivity index (χ0) is 13.1. The van der Waals surface area contributed by atoms with Crippen LogP contribution in [0, 0.1) is 0 Å². The Kier molecular flexibility index (Phi) is 4.51. The van der Waals surface area contributed by atoms with E-state index in [1.807, 2.05) is 6.92 Å². The van der Waals surface area contributed by atoms with Gasteiger partial charge < -0.3 is 15.0 Å². The smallest absolute Gasteiger partial charge is 0.248 e. The monoisotopic (exact) mass is 242 g/mol. The summed E-state index contributed by atoms with van der Waals surface area (Å²) >= 11 is 0. The van der Waals surface area contributed by atoms with E-state index in [9.17, 15) is 9.59 Å². The van der Waals surface area contributed by atoms with E-state index in [1.165, 1.54) is 0 Å². The highest BCUT2D eigenvalue weighted by atomic mass is 16.5. The van der Waals surface area contributed by atoms with Crippen molar-refractivity contribution in [1.82, 2.24) is 10.2 Å². The molecule has 1 aliphatic heterocycles. The molecule has 0 aromatic heterocycles. The number of carbonyl (C=O) groups excluding carboxylic acids is 2. The van der Waals surface area contributed by atoms with E-state index in [-0.39, 0.29) is 17.9 Å². The predicted octanol–water partition coefficient (Wildman–Crippen LogP) is 0.539. The van der Waals surface area contributed by atoms with Gasteiger partial charge in [-0.3, -0.25) is 9.59 Å². The zero-order valence-corrected chi connectivity index (χ0v) is 11.1. The van der Waals surface area contributed by atoms with Gasteiger partial charge in [0, 0.05) is 13.7 Å². The maximum atomic E-state index is 12.2. The fraction of sp³-hybridized carbons (Fsp3) is 0.833. The minimum Gasteiger partial charge on any atom is -0.383 e. The van der Waals surface area contributed by atoms with Crippen molar-refractivity contribution in [2.24, 2.45) is 0 Å². The predicted molar refractivity (Wildman–Crippen MR) is 64.5 cm³/mol. The van der Waals surface area contributed by atoms with E-state index in [4.69, 9.17) is 4.74 Å². The lowest BCUT2D eigenvalue weighted by atomic mass is 9.95. The second-order valence-corrected chi connectivity index (χ2v) is 4.91. The Morgan fingerprint density at radius 1 is 1.41 bits per heavy atom. The molecule has 1 fully saturated rings. The summed E-state index contributed by atoms with van der Waals surface area (Å²) in [6.45, 7) is 6.39. The Labute approximate surface area is 102 Å². The summed E-state index contributed by atoms with van der Waals surface area (Å²) in [6.07, 6.45) is 1.56. The van der Waals surface area contributed by atoms with Gasteiger partial charge in [-0.1, -0.05) is 13.3 Å². The highest BCUT2D eigenvalue weighted by Crippen LogP contribution is 2.20. The van der Waals surface area contributed by atoms with Crippen molar-refractivity contribution in [3.8, 4) is 0 Å². The van der Waals surface area contributed by atoms with Crippen LogP contribution < -0.4 is 5.32 Å². The molecule has 0 aromatic rings. The van der Waals surface area contributed by atoms with Gasteiger partial charge in [0.25, 0.3) is 0 Å². The van der Waals surface area contributed by atoms with Crippen molar-refractivity contribution in [2.75, 3.05) is 20.3 Å². The second-order valence-electron chi connectivity index (χ2n) is 4.91. The van der Waals surface area contributed by atoms with Gasteiger partial charge in [-0.05, 0) is 20.3 Å². The minimum atomic E-state index is -0.810. The van der Waals surface area contributed by atoms with E-state index in [0.717, 1.165) is 6.42 Å². The molecule has 5 nitrogen and oxygen atoms in total. The van der Waals surface area contributed by atoms with Crippen LogP contribution in [0.15, 0.2) is 0 Å².